The molecule has 3 rings (SSSR count). The second-order valence-electron chi connectivity index (χ2n) is 5.23. The van der Waals surface area contributed by atoms with Crippen LogP contribution >= 0.6 is 22.7 Å². The predicted molar refractivity (Wildman–Crippen MR) is 90.9 cm³/mol. The lowest BCUT2D eigenvalue weighted by atomic mass is 10.3. The molecule has 0 fully saturated rings. The SMILES string of the molecule is CCCc1nc(CN(C)Cc2nc3ccccc3s2)cs1. The first kappa shape index (κ1) is 14.6. The number of thiazole rings is 2. The van der Waals surface area contributed by atoms with Crippen molar-refractivity contribution < 1.29 is 0 Å². The van der Waals surface area contributed by atoms with Crippen LogP contribution in [0, 0.1) is 0 Å². The fraction of sp³-hybridized carbons (Fsp3) is 0.375. The highest BCUT2D eigenvalue weighted by molar-refractivity contribution is 7.18. The Morgan fingerprint density at radius 3 is 2.76 bits per heavy atom. The molecule has 0 amide bonds. The van der Waals surface area contributed by atoms with Crippen molar-refractivity contribution in [3.05, 3.63) is 45.4 Å². The predicted octanol–water partition coefficient (Wildman–Crippen LogP) is 4.34. The minimum atomic E-state index is 0.875. The number of hydrogen-bond donors (Lipinski definition) is 0. The van der Waals surface area contributed by atoms with E-state index in [0.29, 0.717) is 0 Å². The molecule has 0 aliphatic heterocycles. The van der Waals surface area contributed by atoms with Crippen LogP contribution in [0.25, 0.3) is 10.2 Å². The lowest BCUT2D eigenvalue weighted by molar-refractivity contribution is 0.315. The van der Waals surface area contributed by atoms with Crippen molar-refractivity contribution in [2.75, 3.05) is 7.05 Å². The molecule has 2 aromatic heterocycles. The molecule has 1 aromatic carbocycles. The van der Waals surface area contributed by atoms with E-state index in [-0.39, 0.29) is 0 Å². The van der Waals surface area contributed by atoms with Gasteiger partial charge in [-0.2, -0.15) is 0 Å². The van der Waals surface area contributed by atoms with Crippen LogP contribution in [-0.4, -0.2) is 21.9 Å². The van der Waals surface area contributed by atoms with Crippen molar-refractivity contribution in [2.45, 2.75) is 32.9 Å². The Bertz CT molecular complexity index is 684. The molecule has 0 N–H and O–H groups in total. The van der Waals surface area contributed by atoms with Crippen LogP contribution in [0.5, 0.6) is 0 Å². The van der Waals surface area contributed by atoms with Gasteiger partial charge in [0.2, 0.25) is 0 Å². The normalized spacial score (nSPS) is 11.6. The summed E-state index contributed by atoms with van der Waals surface area (Å²) in [6.07, 6.45) is 2.25. The number of aromatic nitrogens is 2. The molecule has 5 heteroatoms. The van der Waals surface area contributed by atoms with E-state index in [1.54, 1.807) is 22.7 Å². The standard InChI is InChI=1S/C16H19N3S2/c1-3-6-15-17-12(11-20-15)9-19(2)10-16-18-13-7-4-5-8-14(13)21-16/h4-5,7-8,11H,3,6,9-10H2,1-2H3. The van der Waals surface area contributed by atoms with Crippen molar-refractivity contribution in [2.24, 2.45) is 0 Å². The lowest BCUT2D eigenvalue weighted by Gasteiger charge is -2.12. The summed E-state index contributed by atoms with van der Waals surface area (Å²) in [6, 6.07) is 8.32. The van der Waals surface area contributed by atoms with Crippen molar-refractivity contribution >= 4 is 32.9 Å². The molecule has 0 aliphatic rings. The van der Waals surface area contributed by atoms with Crippen LogP contribution in [0.15, 0.2) is 29.6 Å². The van der Waals surface area contributed by atoms with Gasteiger partial charge in [0.1, 0.15) is 5.01 Å². The van der Waals surface area contributed by atoms with Crippen molar-refractivity contribution in [1.29, 1.82) is 0 Å². The van der Waals surface area contributed by atoms with Gasteiger partial charge >= 0.3 is 0 Å². The number of hydrogen-bond acceptors (Lipinski definition) is 5. The van der Waals surface area contributed by atoms with Crippen molar-refractivity contribution in [1.82, 2.24) is 14.9 Å². The molecular formula is C16H19N3S2. The molecule has 3 nitrogen and oxygen atoms in total. The van der Waals surface area contributed by atoms with Gasteiger partial charge in [-0.05, 0) is 32.0 Å². The molecule has 0 saturated heterocycles. The summed E-state index contributed by atoms with van der Waals surface area (Å²) >= 11 is 3.55. The lowest BCUT2D eigenvalue weighted by Crippen LogP contribution is -2.17. The van der Waals surface area contributed by atoms with Crippen LogP contribution in [0.2, 0.25) is 0 Å². The summed E-state index contributed by atoms with van der Waals surface area (Å²) in [7, 11) is 2.13. The molecule has 2 heterocycles. The van der Waals surface area contributed by atoms with E-state index in [1.165, 1.54) is 20.4 Å². The third-order valence-electron chi connectivity index (χ3n) is 3.24. The second-order valence-corrected chi connectivity index (χ2v) is 7.29. The summed E-state index contributed by atoms with van der Waals surface area (Å²) < 4.78 is 1.26. The third-order valence-corrected chi connectivity index (χ3v) is 5.22. The fourth-order valence-corrected chi connectivity index (χ4v) is 4.24. The van der Waals surface area contributed by atoms with Gasteiger partial charge in [-0.25, -0.2) is 9.97 Å². The largest absolute Gasteiger partial charge is 0.294 e. The van der Waals surface area contributed by atoms with Crippen LogP contribution < -0.4 is 0 Å². The molecule has 3 aromatic rings. The maximum Gasteiger partial charge on any atom is 0.108 e. The zero-order chi connectivity index (χ0) is 14.7. The minimum Gasteiger partial charge on any atom is -0.294 e. The summed E-state index contributed by atoms with van der Waals surface area (Å²) in [5.74, 6) is 0. The third kappa shape index (κ3) is 3.67. The molecule has 0 radical (unpaired) electrons. The van der Waals surface area contributed by atoms with E-state index >= 15 is 0 Å². The van der Waals surface area contributed by atoms with E-state index in [2.05, 4.69) is 52.4 Å². The number of rotatable bonds is 6. The molecule has 0 spiro atoms. The molecule has 0 bridgehead atoms. The average Bonchev–Trinajstić information content (AvgIpc) is 3.05. The van der Waals surface area contributed by atoms with E-state index < -0.39 is 0 Å². The van der Waals surface area contributed by atoms with Crippen molar-refractivity contribution in [3.8, 4) is 0 Å². The van der Waals surface area contributed by atoms with Crippen LogP contribution in [-0.2, 0) is 19.5 Å². The van der Waals surface area contributed by atoms with Gasteiger partial charge in [-0.15, -0.1) is 22.7 Å². The quantitative estimate of drug-likeness (QED) is 0.677. The summed E-state index contributed by atoms with van der Waals surface area (Å²) in [6.45, 7) is 3.95. The second kappa shape index (κ2) is 6.64. The van der Waals surface area contributed by atoms with Gasteiger partial charge in [-0.3, -0.25) is 4.90 Å². The zero-order valence-corrected chi connectivity index (χ0v) is 14.0. The molecule has 0 aliphatic carbocycles. The van der Waals surface area contributed by atoms with Gasteiger partial charge in [-0.1, -0.05) is 19.1 Å². The number of aryl methyl sites for hydroxylation is 1. The van der Waals surface area contributed by atoms with Gasteiger partial charge in [0.15, 0.2) is 0 Å². The first-order valence-corrected chi connectivity index (χ1v) is 8.90. The first-order valence-electron chi connectivity index (χ1n) is 7.21. The maximum absolute atomic E-state index is 4.69. The maximum atomic E-state index is 4.69. The van der Waals surface area contributed by atoms with E-state index in [0.717, 1.165) is 31.4 Å². The monoisotopic (exact) mass is 317 g/mol. The highest BCUT2D eigenvalue weighted by Gasteiger charge is 2.09. The number of fused-ring (bicyclic) bond motifs is 1. The number of benzene rings is 1. The molecule has 21 heavy (non-hydrogen) atoms. The Morgan fingerprint density at radius 1 is 1.10 bits per heavy atom. The highest BCUT2D eigenvalue weighted by Crippen LogP contribution is 2.23. The smallest absolute Gasteiger partial charge is 0.108 e. The average molecular weight is 317 g/mol. The Hall–Kier alpha value is -1.30. The summed E-state index contributed by atoms with van der Waals surface area (Å²) in [4.78, 5) is 11.7. The van der Waals surface area contributed by atoms with Crippen LogP contribution in [0.4, 0.5) is 0 Å². The van der Waals surface area contributed by atoms with Crippen LogP contribution in [0.3, 0.4) is 0 Å². The highest BCUT2D eigenvalue weighted by atomic mass is 32.1. The Balaban J connectivity index is 1.63. The van der Waals surface area contributed by atoms with Crippen LogP contribution in [0.1, 0.15) is 29.1 Å². The summed E-state index contributed by atoms with van der Waals surface area (Å²) in [5.41, 5.74) is 2.27. The minimum absolute atomic E-state index is 0.875. The van der Waals surface area contributed by atoms with Gasteiger partial charge in [0, 0.05) is 11.9 Å². The van der Waals surface area contributed by atoms with E-state index in [1.807, 2.05) is 6.07 Å². The number of para-hydroxylation sites is 1. The molecular weight excluding hydrogens is 298 g/mol. The van der Waals surface area contributed by atoms with E-state index in [4.69, 9.17) is 0 Å². The topological polar surface area (TPSA) is 29.0 Å². The summed E-state index contributed by atoms with van der Waals surface area (Å²) in [5, 5.41) is 4.60. The first-order chi connectivity index (χ1) is 10.2. The Kier molecular flexibility index (Phi) is 4.63. The van der Waals surface area contributed by atoms with Crippen molar-refractivity contribution in [3.63, 3.8) is 0 Å². The zero-order valence-electron chi connectivity index (χ0n) is 12.4. The van der Waals surface area contributed by atoms with E-state index in [9.17, 15) is 0 Å². The number of nitrogens with zero attached hydrogens (tertiary/aromatic N) is 3. The molecule has 0 unspecified atom stereocenters. The molecule has 0 saturated carbocycles. The fourth-order valence-electron chi connectivity index (χ4n) is 2.30. The molecule has 110 valence electrons. The molecule has 0 atom stereocenters. The Labute approximate surface area is 133 Å². The van der Waals surface area contributed by atoms with Gasteiger partial charge in [0.25, 0.3) is 0 Å². The Morgan fingerprint density at radius 2 is 1.95 bits per heavy atom. The van der Waals surface area contributed by atoms with Gasteiger partial charge < -0.3 is 0 Å². The van der Waals surface area contributed by atoms with Gasteiger partial charge in [0.05, 0.1) is 27.5 Å².